The van der Waals surface area contributed by atoms with Crippen LogP contribution >= 0.6 is 0 Å². The van der Waals surface area contributed by atoms with Crippen LogP contribution in [0.5, 0.6) is 0 Å². The van der Waals surface area contributed by atoms with E-state index < -0.39 is 0 Å². The summed E-state index contributed by atoms with van der Waals surface area (Å²) in [5.41, 5.74) is 9.59. The third-order valence-electron chi connectivity index (χ3n) is 8.19. The Kier molecular flexibility index (Phi) is 6.58. The highest BCUT2D eigenvalue weighted by atomic mass is 14.2. The lowest BCUT2D eigenvalue weighted by molar-refractivity contribution is 1.58. The highest BCUT2D eigenvalue weighted by Crippen LogP contribution is 2.44. The van der Waals surface area contributed by atoms with Gasteiger partial charge in [0.25, 0.3) is 0 Å². The normalized spacial score (nSPS) is 11.7. The zero-order valence-electron chi connectivity index (χ0n) is 23.4. The molecule has 0 heterocycles. The second-order valence-electron chi connectivity index (χ2n) is 10.6. The summed E-state index contributed by atoms with van der Waals surface area (Å²) in [6.07, 6.45) is 5.66. The van der Waals surface area contributed by atoms with Crippen LogP contribution in [0.1, 0.15) is 5.56 Å². The zero-order chi connectivity index (χ0) is 28.5. The van der Waals surface area contributed by atoms with Crippen molar-refractivity contribution in [3.63, 3.8) is 0 Å². The number of fused-ring (bicyclic) bond motifs is 3. The Balaban J connectivity index is 1.43. The van der Waals surface area contributed by atoms with E-state index >= 15 is 0 Å². The molecule has 42 heavy (non-hydrogen) atoms. The van der Waals surface area contributed by atoms with E-state index in [0.717, 1.165) is 11.1 Å². The van der Waals surface area contributed by atoms with Crippen molar-refractivity contribution in [2.24, 2.45) is 0 Å². The minimum atomic E-state index is 1.06. The van der Waals surface area contributed by atoms with Crippen molar-refractivity contribution in [1.29, 1.82) is 0 Å². The van der Waals surface area contributed by atoms with Crippen LogP contribution in [0.3, 0.4) is 0 Å². The van der Waals surface area contributed by atoms with Crippen molar-refractivity contribution in [2.45, 2.75) is 0 Å². The van der Waals surface area contributed by atoms with Crippen molar-refractivity contribution in [3.8, 4) is 33.4 Å². The van der Waals surface area contributed by atoms with Crippen LogP contribution in [0.25, 0.3) is 71.3 Å². The van der Waals surface area contributed by atoms with Gasteiger partial charge in [-0.3, -0.25) is 0 Å². The van der Waals surface area contributed by atoms with E-state index in [4.69, 9.17) is 0 Å². The molecule has 0 aliphatic carbocycles. The molecule has 0 unspecified atom stereocenters. The Morgan fingerprint density at radius 1 is 0.429 bits per heavy atom. The van der Waals surface area contributed by atoms with Crippen LogP contribution in [0.4, 0.5) is 0 Å². The van der Waals surface area contributed by atoms with Crippen molar-refractivity contribution in [3.05, 3.63) is 176 Å². The topological polar surface area (TPSA) is 0 Å². The van der Waals surface area contributed by atoms with E-state index in [2.05, 4.69) is 153 Å². The largest absolute Gasteiger partial charge is 0.0990 e. The van der Waals surface area contributed by atoms with Gasteiger partial charge in [0.05, 0.1) is 0 Å². The number of hydrogen-bond acceptors (Lipinski definition) is 0. The molecule has 0 saturated carbocycles. The lowest BCUT2D eigenvalue weighted by Crippen LogP contribution is -1.91. The molecule has 0 aliphatic heterocycles. The maximum absolute atomic E-state index is 3.95. The van der Waals surface area contributed by atoms with Gasteiger partial charge in [-0.1, -0.05) is 159 Å². The summed E-state index contributed by atoms with van der Waals surface area (Å²) < 4.78 is 0. The first kappa shape index (κ1) is 25.5. The number of benzene rings is 7. The average molecular weight is 535 g/mol. The Hall–Kier alpha value is -5.46. The van der Waals surface area contributed by atoms with E-state index in [0.29, 0.717) is 0 Å². The van der Waals surface area contributed by atoms with Gasteiger partial charge in [0.2, 0.25) is 0 Å². The standard InChI is InChI=1S/C42H30/c1-3-12-29(4-2)31-21-23-32(24-22-31)34-15-11-16-35(27-34)41-37-17-7-9-19-39(37)42(40-20-10-8-18-38(40)41)36-26-25-30-13-5-6-14-33(30)28-36/h3-28H,1-2H2/b29-12+. The van der Waals surface area contributed by atoms with E-state index in [1.807, 2.05) is 12.2 Å². The van der Waals surface area contributed by atoms with Gasteiger partial charge in [0.1, 0.15) is 0 Å². The minimum Gasteiger partial charge on any atom is -0.0990 e. The molecule has 198 valence electrons. The van der Waals surface area contributed by atoms with Crippen LogP contribution in [-0.4, -0.2) is 0 Å². The Bertz CT molecular complexity index is 2100. The Labute approximate surface area is 247 Å². The predicted octanol–water partition coefficient (Wildman–Crippen LogP) is 11.9. The second-order valence-corrected chi connectivity index (χ2v) is 10.6. The molecular formula is C42H30. The molecule has 0 bridgehead atoms. The van der Waals surface area contributed by atoms with Crippen molar-refractivity contribution in [2.75, 3.05) is 0 Å². The maximum atomic E-state index is 3.95. The fourth-order valence-corrected chi connectivity index (χ4v) is 6.21. The van der Waals surface area contributed by atoms with Gasteiger partial charge in [0, 0.05) is 0 Å². The van der Waals surface area contributed by atoms with Gasteiger partial charge in [0.15, 0.2) is 0 Å². The summed E-state index contributed by atoms with van der Waals surface area (Å²) in [5.74, 6) is 0. The summed E-state index contributed by atoms with van der Waals surface area (Å²) >= 11 is 0. The zero-order valence-corrected chi connectivity index (χ0v) is 23.4. The van der Waals surface area contributed by atoms with Gasteiger partial charge < -0.3 is 0 Å². The lowest BCUT2D eigenvalue weighted by atomic mass is 9.85. The molecule has 0 nitrogen and oxygen atoms in total. The quantitative estimate of drug-likeness (QED) is 0.147. The molecule has 0 saturated heterocycles. The van der Waals surface area contributed by atoms with Crippen molar-refractivity contribution in [1.82, 2.24) is 0 Å². The van der Waals surface area contributed by atoms with Crippen LogP contribution in [0, 0.1) is 0 Å². The van der Waals surface area contributed by atoms with Crippen LogP contribution < -0.4 is 0 Å². The van der Waals surface area contributed by atoms with E-state index in [-0.39, 0.29) is 0 Å². The molecule has 0 aromatic heterocycles. The highest BCUT2D eigenvalue weighted by Gasteiger charge is 2.17. The molecule has 0 spiro atoms. The van der Waals surface area contributed by atoms with E-state index in [1.165, 1.54) is 65.7 Å². The third kappa shape index (κ3) is 4.44. The van der Waals surface area contributed by atoms with E-state index in [1.54, 1.807) is 6.08 Å². The van der Waals surface area contributed by atoms with Crippen LogP contribution in [-0.2, 0) is 0 Å². The van der Waals surface area contributed by atoms with Crippen LogP contribution in [0.2, 0.25) is 0 Å². The third-order valence-corrected chi connectivity index (χ3v) is 8.19. The molecule has 0 fully saturated rings. The number of rotatable bonds is 6. The fourth-order valence-electron chi connectivity index (χ4n) is 6.21. The molecular weight excluding hydrogens is 504 g/mol. The maximum Gasteiger partial charge on any atom is -0.00262 e. The SMILES string of the molecule is C=C/C=C(\C=C)c1ccc(-c2cccc(-c3c4ccccc4c(-c4ccc5ccccc5c4)c4ccccc34)c2)cc1. The van der Waals surface area contributed by atoms with Crippen molar-refractivity contribution >= 4 is 37.9 Å². The smallest absolute Gasteiger partial charge is 0.00262 e. The second kappa shape index (κ2) is 10.8. The van der Waals surface area contributed by atoms with Gasteiger partial charge in [-0.05, 0) is 89.0 Å². The Morgan fingerprint density at radius 2 is 0.952 bits per heavy atom. The van der Waals surface area contributed by atoms with Gasteiger partial charge in [-0.2, -0.15) is 0 Å². The molecule has 0 atom stereocenters. The van der Waals surface area contributed by atoms with Gasteiger partial charge in [-0.25, -0.2) is 0 Å². The molecule has 7 aromatic rings. The summed E-state index contributed by atoms with van der Waals surface area (Å²) in [6, 6.07) is 50.7. The predicted molar refractivity (Wildman–Crippen MR) is 184 cm³/mol. The number of allylic oxidation sites excluding steroid dienone is 4. The highest BCUT2D eigenvalue weighted by molar-refractivity contribution is 6.21. The fraction of sp³-hybridized carbons (Fsp3) is 0. The summed E-state index contributed by atoms with van der Waals surface area (Å²) in [6.45, 7) is 7.79. The first-order valence-electron chi connectivity index (χ1n) is 14.3. The molecule has 7 rings (SSSR count). The molecule has 0 N–H and O–H groups in total. The first-order valence-corrected chi connectivity index (χ1v) is 14.3. The van der Waals surface area contributed by atoms with Crippen LogP contribution in [0.15, 0.2) is 171 Å². The molecule has 0 heteroatoms. The molecule has 0 radical (unpaired) electrons. The van der Waals surface area contributed by atoms with Gasteiger partial charge in [-0.15, -0.1) is 0 Å². The Morgan fingerprint density at radius 3 is 1.55 bits per heavy atom. The lowest BCUT2D eigenvalue weighted by Gasteiger charge is -2.18. The summed E-state index contributed by atoms with van der Waals surface area (Å²) in [5, 5.41) is 7.57. The minimum absolute atomic E-state index is 1.06. The monoisotopic (exact) mass is 534 g/mol. The van der Waals surface area contributed by atoms with Gasteiger partial charge >= 0.3 is 0 Å². The summed E-state index contributed by atoms with van der Waals surface area (Å²) in [4.78, 5) is 0. The van der Waals surface area contributed by atoms with E-state index in [9.17, 15) is 0 Å². The average Bonchev–Trinajstić information content (AvgIpc) is 3.06. The summed E-state index contributed by atoms with van der Waals surface area (Å²) in [7, 11) is 0. The molecule has 7 aromatic carbocycles. The molecule has 0 aliphatic rings. The first-order chi connectivity index (χ1) is 20.7. The van der Waals surface area contributed by atoms with Crippen molar-refractivity contribution < 1.29 is 0 Å². The molecule has 0 amide bonds. The number of hydrogen-bond donors (Lipinski definition) is 0.